The lowest BCUT2D eigenvalue weighted by atomic mass is 10.1. The third kappa shape index (κ3) is 4.22. The summed E-state index contributed by atoms with van der Waals surface area (Å²) in [4.78, 5) is 10.8. The molecule has 1 unspecified atom stereocenters. The third-order valence-electron chi connectivity index (χ3n) is 2.37. The molecule has 0 radical (unpaired) electrons. The van der Waals surface area contributed by atoms with Crippen molar-refractivity contribution in [1.82, 2.24) is 5.32 Å². The van der Waals surface area contributed by atoms with E-state index in [0.717, 1.165) is 10.0 Å². The second-order valence-electron chi connectivity index (χ2n) is 3.80. The Labute approximate surface area is 109 Å². The van der Waals surface area contributed by atoms with Crippen LogP contribution in [0.3, 0.4) is 0 Å². The van der Waals surface area contributed by atoms with E-state index in [1.165, 1.54) is 0 Å². The molecular formula is C13H14BrNO2. The number of halogens is 1. The van der Waals surface area contributed by atoms with Gasteiger partial charge in [-0.1, -0.05) is 22.0 Å². The maximum absolute atomic E-state index is 10.8. The van der Waals surface area contributed by atoms with Gasteiger partial charge in [-0.25, -0.2) is 4.79 Å². The minimum Gasteiger partial charge on any atom is -0.478 e. The van der Waals surface area contributed by atoms with Gasteiger partial charge in [0.2, 0.25) is 0 Å². The minimum absolute atomic E-state index is 0.242. The summed E-state index contributed by atoms with van der Waals surface area (Å²) in [6, 6.07) is 5.23. The molecule has 0 heterocycles. The Morgan fingerprint density at radius 2 is 2.35 bits per heavy atom. The van der Waals surface area contributed by atoms with Gasteiger partial charge in [0, 0.05) is 23.5 Å². The molecule has 0 fully saturated rings. The molecule has 4 heteroatoms. The Bertz CT molecular complexity index is 451. The first-order valence-electron chi connectivity index (χ1n) is 5.23. The van der Waals surface area contributed by atoms with Crippen LogP contribution in [0, 0.1) is 12.3 Å². The fourth-order valence-electron chi connectivity index (χ4n) is 1.36. The second kappa shape index (κ2) is 6.43. The summed E-state index contributed by atoms with van der Waals surface area (Å²) in [6.45, 7) is 2.67. The van der Waals surface area contributed by atoms with Gasteiger partial charge in [0.25, 0.3) is 0 Å². The predicted octanol–water partition coefficient (Wildman–Crippen LogP) is 2.65. The summed E-state index contributed by atoms with van der Waals surface area (Å²) in [7, 11) is 0. The number of benzene rings is 1. The van der Waals surface area contributed by atoms with Crippen molar-refractivity contribution in [3.8, 4) is 12.3 Å². The summed E-state index contributed by atoms with van der Waals surface area (Å²) >= 11 is 3.36. The van der Waals surface area contributed by atoms with Crippen molar-refractivity contribution in [3.05, 3.63) is 33.8 Å². The Morgan fingerprint density at radius 3 is 2.88 bits per heavy atom. The highest BCUT2D eigenvalue weighted by Gasteiger charge is 2.07. The van der Waals surface area contributed by atoms with Crippen LogP contribution in [0.1, 0.15) is 29.3 Å². The molecule has 0 bridgehead atoms. The lowest BCUT2D eigenvalue weighted by Gasteiger charge is -2.12. The largest absolute Gasteiger partial charge is 0.478 e. The van der Waals surface area contributed by atoms with Gasteiger partial charge in [0.1, 0.15) is 0 Å². The van der Waals surface area contributed by atoms with Crippen LogP contribution in [0.25, 0.3) is 0 Å². The van der Waals surface area contributed by atoms with Crippen molar-refractivity contribution in [1.29, 1.82) is 0 Å². The number of aromatic carboxylic acids is 1. The standard InChI is InChI=1S/C13H14BrNO2/c1-3-4-9(2)15-8-11-6-5-10(13(16)17)7-12(11)14/h1,5-7,9,15H,4,8H2,2H3,(H,16,17). The molecule has 1 aromatic rings. The molecule has 0 aliphatic rings. The molecule has 2 N–H and O–H groups in total. The molecule has 3 nitrogen and oxygen atoms in total. The monoisotopic (exact) mass is 295 g/mol. The van der Waals surface area contributed by atoms with Gasteiger partial charge in [-0.3, -0.25) is 0 Å². The summed E-state index contributed by atoms with van der Waals surface area (Å²) in [6.07, 6.45) is 5.89. The molecule has 17 heavy (non-hydrogen) atoms. The van der Waals surface area contributed by atoms with Crippen LogP contribution in [0.2, 0.25) is 0 Å². The van der Waals surface area contributed by atoms with E-state index in [2.05, 4.69) is 27.2 Å². The number of carboxylic acids is 1. The maximum atomic E-state index is 10.8. The van der Waals surface area contributed by atoms with Gasteiger partial charge in [-0.15, -0.1) is 12.3 Å². The SMILES string of the molecule is C#CCC(C)NCc1ccc(C(=O)O)cc1Br. The Hall–Kier alpha value is -1.31. The van der Waals surface area contributed by atoms with Crippen molar-refractivity contribution in [2.75, 3.05) is 0 Å². The van der Waals surface area contributed by atoms with E-state index in [-0.39, 0.29) is 11.6 Å². The van der Waals surface area contributed by atoms with E-state index in [1.807, 2.05) is 6.92 Å². The van der Waals surface area contributed by atoms with E-state index < -0.39 is 5.97 Å². The molecule has 0 saturated carbocycles. The molecule has 90 valence electrons. The average molecular weight is 296 g/mol. The molecule has 1 aromatic carbocycles. The van der Waals surface area contributed by atoms with Crippen molar-refractivity contribution in [2.24, 2.45) is 0 Å². The zero-order valence-electron chi connectivity index (χ0n) is 9.53. The van der Waals surface area contributed by atoms with E-state index >= 15 is 0 Å². The molecule has 0 spiro atoms. The minimum atomic E-state index is -0.925. The number of terminal acetylenes is 1. The second-order valence-corrected chi connectivity index (χ2v) is 4.66. The smallest absolute Gasteiger partial charge is 0.335 e. The predicted molar refractivity (Wildman–Crippen MR) is 70.9 cm³/mol. The summed E-state index contributed by atoms with van der Waals surface area (Å²) in [5.74, 6) is 1.67. The highest BCUT2D eigenvalue weighted by atomic mass is 79.9. The van der Waals surface area contributed by atoms with Crippen molar-refractivity contribution < 1.29 is 9.90 Å². The number of carbonyl (C=O) groups is 1. The van der Waals surface area contributed by atoms with Crippen LogP contribution >= 0.6 is 15.9 Å². The van der Waals surface area contributed by atoms with E-state index in [4.69, 9.17) is 11.5 Å². The maximum Gasteiger partial charge on any atom is 0.335 e. The highest BCUT2D eigenvalue weighted by molar-refractivity contribution is 9.10. The summed E-state index contributed by atoms with van der Waals surface area (Å²) in [5, 5.41) is 12.1. The third-order valence-corrected chi connectivity index (χ3v) is 3.10. The van der Waals surface area contributed by atoms with Gasteiger partial charge < -0.3 is 10.4 Å². The lowest BCUT2D eigenvalue weighted by Crippen LogP contribution is -2.25. The van der Waals surface area contributed by atoms with Crippen LogP contribution in [-0.2, 0) is 6.54 Å². The van der Waals surface area contributed by atoms with Gasteiger partial charge in [0.05, 0.1) is 5.56 Å². The van der Waals surface area contributed by atoms with Crippen molar-refractivity contribution in [2.45, 2.75) is 25.9 Å². The van der Waals surface area contributed by atoms with Crippen LogP contribution in [0.4, 0.5) is 0 Å². The Morgan fingerprint density at radius 1 is 1.65 bits per heavy atom. The topological polar surface area (TPSA) is 49.3 Å². The van der Waals surface area contributed by atoms with Gasteiger partial charge >= 0.3 is 5.97 Å². The Kier molecular flexibility index (Phi) is 5.20. The van der Waals surface area contributed by atoms with Crippen LogP contribution in [0.5, 0.6) is 0 Å². The van der Waals surface area contributed by atoms with Crippen LogP contribution in [0.15, 0.2) is 22.7 Å². The lowest BCUT2D eigenvalue weighted by molar-refractivity contribution is 0.0697. The van der Waals surface area contributed by atoms with E-state index in [0.29, 0.717) is 13.0 Å². The molecule has 0 aliphatic carbocycles. The highest BCUT2D eigenvalue weighted by Crippen LogP contribution is 2.18. The van der Waals surface area contributed by atoms with Crippen molar-refractivity contribution >= 4 is 21.9 Å². The van der Waals surface area contributed by atoms with Crippen molar-refractivity contribution in [3.63, 3.8) is 0 Å². The molecule has 0 saturated heterocycles. The molecule has 1 atom stereocenters. The van der Waals surface area contributed by atoms with E-state index in [1.54, 1.807) is 18.2 Å². The molecule has 0 aromatic heterocycles. The first kappa shape index (κ1) is 13.8. The zero-order valence-corrected chi connectivity index (χ0v) is 11.1. The molecular weight excluding hydrogens is 282 g/mol. The number of carboxylic acid groups (broad SMARTS) is 1. The first-order chi connectivity index (χ1) is 8.04. The molecule has 0 amide bonds. The van der Waals surface area contributed by atoms with Gasteiger partial charge in [0.15, 0.2) is 0 Å². The number of rotatable bonds is 5. The first-order valence-corrected chi connectivity index (χ1v) is 6.02. The fourth-order valence-corrected chi connectivity index (χ4v) is 1.88. The number of nitrogens with one attached hydrogen (secondary N) is 1. The number of hydrogen-bond donors (Lipinski definition) is 2. The number of hydrogen-bond acceptors (Lipinski definition) is 2. The summed E-state index contributed by atoms with van der Waals surface area (Å²) in [5.41, 5.74) is 1.29. The normalized spacial score (nSPS) is 11.8. The average Bonchev–Trinajstić information content (AvgIpc) is 2.27. The quantitative estimate of drug-likeness (QED) is 0.821. The van der Waals surface area contributed by atoms with Gasteiger partial charge in [-0.2, -0.15) is 0 Å². The zero-order chi connectivity index (χ0) is 12.8. The molecule has 1 rings (SSSR count). The summed E-state index contributed by atoms with van der Waals surface area (Å²) < 4.78 is 0.790. The van der Waals surface area contributed by atoms with E-state index in [9.17, 15) is 4.79 Å². The fraction of sp³-hybridized carbons (Fsp3) is 0.308. The van der Waals surface area contributed by atoms with Crippen LogP contribution in [-0.4, -0.2) is 17.1 Å². The van der Waals surface area contributed by atoms with Crippen LogP contribution < -0.4 is 5.32 Å². The van der Waals surface area contributed by atoms with Gasteiger partial charge in [-0.05, 0) is 24.6 Å². The molecule has 0 aliphatic heterocycles. The Balaban J connectivity index is 2.67.